The quantitative estimate of drug-likeness (QED) is 0.923. The van der Waals surface area contributed by atoms with Crippen LogP contribution in [0.2, 0.25) is 5.02 Å². The van der Waals surface area contributed by atoms with Crippen molar-refractivity contribution in [2.45, 2.75) is 0 Å². The standard InChI is InChI=1S/C18H19ClFN3O/c1-22-8-10-23(11-9-22)17-5-3-2-4-16(17)21-18(24)14-12-13(19)6-7-15(14)20/h2-7,12H,8-11H2,1H3,(H,21,24). The summed E-state index contributed by atoms with van der Waals surface area (Å²) in [5.74, 6) is -1.09. The van der Waals surface area contributed by atoms with Gasteiger partial charge >= 0.3 is 0 Å². The fraction of sp³-hybridized carbons (Fsp3) is 0.278. The number of nitrogens with zero attached hydrogens (tertiary/aromatic N) is 2. The Morgan fingerprint density at radius 1 is 1.12 bits per heavy atom. The summed E-state index contributed by atoms with van der Waals surface area (Å²) in [6, 6.07) is 11.5. The number of hydrogen-bond donors (Lipinski definition) is 1. The smallest absolute Gasteiger partial charge is 0.258 e. The molecule has 0 saturated carbocycles. The van der Waals surface area contributed by atoms with Crippen molar-refractivity contribution in [2.24, 2.45) is 0 Å². The van der Waals surface area contributed by atoms with E-state index in [4.69, 9.17) is 11.6 Å². The van der Waals surface area contributed by atoms with Gasteiger partial charge in [-0.3, -0.25) is 4.79 Å². The van der Waals surface area contributed by atoms with Crippen LogP contribution in [0.5, 0.6) is 0 Å². The van der Waals surface area contributed by atoms with Crippen LogP contribution in [-0.2, 0) is 0 Å². The molecule has 0 bridgehead atoms. The van der Waals surface area contributed by atoms with Gasteiger partial charge in [0.1, 0.15) is 5.82 Å². The van der Waals surface area contributed by atoms with E-state index in [9.17, 15) is 9.18 Å². The zero-order valence-corrected chi connectivity index (χ0v) is 14.2. The highest BCUT2D eigenvalue weighted by molar-refractivity contribution is 6.31. The van der Waals surface area contributed by atoms with E-state index in [1.807, 2.05) is 24.3 Å². The van der Waals surface area contributed by atoms with E-state index in [-0.39, 0.29) is 5.56 Å². The molecule has 1 fully saturated rings. The number of benzene rings is 2. The van der Waals surface area contributed by atoms with Crippen LogP contribution in [0.15, 0.2) is 42.5 Å². The predicted octanol–water partition coefficient (Wildman–Crippen LogP) is 3.48. The molecule has 4 nitrogen and oxygen atoms in total. The molecular weight excluding hydrogens is 329 g/mol. The number of para-hydroxylation sites is 2. The topological polar surface area (TPSA) is 35.6 Å². The lowest BCUT2D eigenvalue weighted by atomic mass is 10.1. The predicted molar refractivity (Wildman–Crippen MR) is 95.5 cm³/mol. The Hall–Kier alpha value is -2.11. The highest BCUT2D eigenvalue weighted by Crippen LogP contribution is 2.27. The number of rotatable bonds is 3. The summed E-state index contributed by atoms with van der Waals surface area (Å²) in [6.45, 7) is 3.69. The maximum absolute atomic E-state index is 13.9. The van der Waals surface area contributed by atoms with Crippen molar-refractivity contribution in [3.63, 3.8) is 0 Å². The van der Waals surface area contributed by atoms with E-state index in [0.717, 1.165) is 31.9 Å². The molecule has 1 aliphatic heterocycles. The molecule has 0 aromatic heterocycles. The molecule has 1 saturated heterocycles. The largest absolute Gasteiger partial charge is 0.367 e. The SMILES string of the molecule is CN1CCN(c2ccccc2NC(=O)c2cc(Cl)ccc2F)CC1. The Bertz CT molecular complexity index is 745. The molecule has 1 aliphatic rings. The Kier molecular flexibility index (Phi) is 5.02. The lowest BCUT2D eigenvalue weighted by Crippen LogP contribution is -2.44. The summed E-state index contributed by atoms with van der Waals surface area (Å²) in [6.07, 6.45) is 0. The molecule has 1 N–H and O–H groups in total. The molecule has 126 valence electrons. The van der Waals surface area contributed by atoms with Crippen molar-refractivity contribution < 1.29 is 9.18 Å². The Morgan fingerprint density at radius 2 is 1.83 bits per heavy atom. The van der Waals surface area contributed by atoms with Crippen molar-refractivity contribution in [2.75, 3.05) is 43.4 Å². The molecule has 0 spiro atoms. The molecule has 2 aromatic rings. The minimum absolute atomic E-state index is 0.0596. The van der Waals surface area contributed by atoms with Gasteiger partial charge in [-0.05, 0) is 37.4 Å². The normalized spacial score (nSPS) is 15.4. The maximum atomic E-state index is 13.9. The molecule has 2 aromatic carbocycles. The zero-order chi connectivity index (χ0) is 17.1. The summed E-state index contributed by atoms with van der Waals surface area (Å²) in [5.41, 5.74) is 1.56. The van der Waals surface area contributed by atoms with Gasteiger partial charge in [0, 0.05) is 31.2 Å². The van der Waals surface area contributed by atoms with Crippen molar-refractivity contribution in [1.29, 1.82) is 0 Å². The molecule has 3 rings (SSSR count). The van der Waals surface area contributed by atoms with Crippen LogP contribution in [0.3, 0.4) is 0 Å². The van der Waals surface area contributed by atoms with Gasteiger partial charge in [-0.1, -0.05) is 23.7 Å². The number of nitrogens with one attached hydrogen (secondary N) is 1. The van der Waals surface area contributed by atoms with Gasteiger partial charge < -0.3 is 15.1 Å². The minimum atomic E-state index is -0.589. The fourth-order valence-electron chi connectivity index (χ4n) is 2.76. The molecule has 0 aliphatic carbocycles. The van der Waals surface area contributed by atoms with Crippen LogP contribution in [0.25, 0.3) is 0 Å². The van der Waals surface area contributed by atoms with Crippen molar-refractivity contribution >= 4 is 28.9 Å². The van der Waals surface area contributed by atoms with E-state index in [0.29, 0.717) is 10.7 Å². The van der Waals surface area contributed by atoms with E-state index >= 15 is 0 Å². The van der Waals surface area contributed by atoms with Gasteiger partial charge in [-0.15, -0.1) is 0 Å². The van der Waals surface area contributed by atoms with E-state index in [2.05, 4.69) is 22.2 Å². The molecular formula is C18H19ClFN3O. The molecule has 24 heavy (non-hydrogen) atoms. The number of hydrogen-bond acceptors (Lipinski definition) is 3. The fourth-order valence-corrected chi connectivity index (χ4v) is 2.94. The first kappa shape index (κ1) is 16.7. The Labute approximate surface area is 145 Å². The monoisotopic (exact) mass is 347 g/mol. The second kappa shape index (κ2) is 7.20. The third-order valence-corrected chi connectivity index (χ3v) is 4.40. The van der Waals surface area contributed by atoms with Crippen LogP contribution in [0.1, 0.15) is 10.4 Å². The average Bonchev–Trinajstić information content (AvgIpc) is 2.58. The second-order valence-electron chi connectivity index (χ2n) is 5.89. The van der Waals surface area contributed by atoms with Gasteiger partial charge in [0.25, 0.3) is 5.91 Å². The van der Waals surface area contributed by atoms with Gasteiger partial charge in [-0.25, -0.2) is 4.39 Å². The van der Waals surface area contributed by atoms with E-state index in [1.54, 1.807) is 0 Å². The van der Waals surface area contributed by atoms with Crippen LogP contribution >= 0.6 is 11.6 Å². The lowest BCUT2D eigenvalue weighted by Gasteiger charge is -2.35. The first-order chi connectivity index (χ1) is 11.5. The maximum Gasteiger partial charge on any atom is 0.258 e. The van der Waals surface area contributed by atoms with Crippen LogP contribution in [-0.4, -0.2) is 44.0 Å². The zero-order valence-electron chi connectivity index (χ0n) is 13.4. The minimum Gasteiger partial charge on any atom is -0.367 e. The molecule has 1 heterocycles. The molecule has 1 amide bonds. The Balaban J connectivity index is 1.82. The van der Waals surface area contributed by atoms with Gasteiger partial charge in [0.15, 0.2) is 0 Å². The molecule has 6 heteroatoms. The Morgan fingerprint density at radius 3 is 2.58 bits per heavy atom. The average molecular weight is 348 g/mol. The van der Waals surface area contributed by atoms with Gasteiger partial charge in [0.2, 0.25) is 0 Å². The summed E-state index contributed by atoms with van der Waals surface area (Å²) in [7, 11) is 2.09. The number of piperazine rings is 1. The first-order valence-electron chi connectivity index (χ1n) is 7.83. The van der Waals surface area contributed by atoms with Crippen LogP contribution in [0, 0.1) is 5.82 Å². The van der Waals surface area contributed by atoms with E-state index in [1.165, 1.54) is 18.2 Å². The number of anilines is 2. The number of amides is 1. The third kappa shape index (κ3) is 3.68. The van der Waals surface area contributed by atoms with E-state index < -0.39 is 11.7 Å². The van der Waals surface area contributed by atoms with Crippen LogP contribution < -0.4 is 10.2 Å². The van der Waals surface area contributed by atoms with Crippen molar-refractivity contribution in [1.82, 2.24) is 4.90 Å². The summed E-state index contributed by atoms with van der Waals surface area (Å²) < 4.78 is 13.9. The van der Waals surface area contributed by atoms with Crippen molar-refractivity contribution in [3.05, 3.63) is 58.9 Å². The lowest BCUT2D eigenvalue weighted by molar-refractivity contribution is 0.102. The second-order valence-corrected chi connectivity index (χ2v) is 6.32. The summed E-state index contributed by atoms with van der Waals surface area (Å²) in [5, 5.41) is 3.14. The first-order valence-corrected chi connectivity index (χ1v) is 8.21. The number of halogens is 2. The molecule has 0 unspecified atom stereocenters. The van der Waals surface area contributed by atoms with Crippen LogP contribution in [0.4, 0.5) is 15.8 Å². The number of likely N-dealkylation sites (N-methyl/N-ethyl adjacent to an activating group) is 1. The van der Waals surface area contributed by atoms with Gasteiger partial charge in [-0.2, -0.15) is 0 Å². The summed E-state index contributed by atoms with van der Waals surface area (Å²) >= 11 is 5.87. The van der Waals surface area contributed by atoms with Crippen molar-refractivity contribution in [3.8, 4) is 0 Å². The highest BCUT2D eigenvalue weighted by atomic mass is 35.5. The van der Waals surface area contributed by atoms with Gasteiger partial charge in [0.05, 0.1) is 16.9 Å². The third-order valence-electron chi connectivity index (χ3n) is 4.17. The number of carbonyl (C=O) groups is 1. The highest BCUT2D eigenvalue weighted by Gasteiger charge is 2.19. The molecule has 0 radical (unpaired) electrons. The number of carbonyl (C=O) groups excluding carboxylic acids is 1. The molecule has 0 atom stereocenters. The summed E-state index contributed by atoms with van der Waals surface area (Å²) in [4.78, 5) is 16.9.